The van der Waals surface area contributed by atoms with E-state index in [1.165, 1.54) is 19.3 Å². The summed E-state index contributed by atoms with van der Waals surface area (Å²) in [6.07, 6.45) is 3.74. The molecular weight excluding hydrogens is 174 g/mol. The number of hydrogen-bond donors (Lipinski definition) is 2. The predicted molar refractivity (Wildman–Crippen MR) is 60.3 cm³/mol. The van der Waals surface area contributed by atoms with Crippen LogP contribution in [0.15, 0.2) is 0 Å². The monoisotopic (exact) mass is 199 g/mol. The molecule has 2 atom stereocenters. The van der Waals surface area contributed by atoms with Gasteiger partial charge in [0.15, 0.2) is 0 Å². The number of aliphatic hydroxyl groups is 1. The first-order chi connectivity index (χ1) is 6.48. The molecule has 0 heterocycles. The van der Waals surface area contributed by atoms with Crippen molar-refractivity contribution in [2.75, 3.05) is 6.61 Å². The van der Waals surface area contributed by atoms with Crippen LogP contribution in [-0.4, -0.2) is 23.3 Å². The molecule has 2 unspecified atom stereocenters. The number of nitrogens with one attached hydrogen (secondary N) is 1. The van der Waals surface area contributed by atoms with Gasteiger partial charge in [-0.25, -0.2) is 0 Å². The Morgan fingerprint density at radius 2 is 1.93 bits per heavy atom. The maximum absolute atomic E-state index is 9.42. The molecule has 0 aromatic rings. The Hall–Kier alpha value is -0.0800. The van der Waals surface area contributed by atoms with Gasteiger partial charge in [-0.2, -0.15) is 0 Å². The molecule has 0 bridgehead atoms. The summed E-state index contributed by atoms with van der Waals surface area (Å²) in [6, 6.07) is 0.507. The molecule has 1 saturated carbocycles. The van der Waals surface area contributed by atoms with E-state index in [0.717, 1.165) is 5.92 Å². The van der Waals surface area contributed by atoms with E-state index in [1.54, 1.807) is 0 Å². The molecule has 0 aromatic carbocycles. The van der Waals surface area contributed by atoms with Crippen LogP contribution in [0.4, 0.5) is 0 Å². The molecule has 0 spiro atoms. The zero-order valence-electron chi connectivity index (χ0n) is 10.0. The van der Waals surface area contributed by atoms with E-state index in [2.05, 4.69) is 33.0 Å². The topological polar surface area (TPSA) is 32.3 Å². The third-order valence-corrected chi connectivity index (χ3v) is 3.21. The lowest BCUT2D eigenvalue weighted by atomic mass is 9.94. The van der Waals surface area contributed by atoms with Crippen LogP contribution in [0, 0.1) is 11.8 Å². The standard InChI is InChI=1S/C12H25NO/c1-9(2)7-10(3)13-12(4,8-14)11-5-6-11/h9-11,13-14H,5-8H2,1-4H3. The normalized spacial score (nSPS) is 23.6. The van der Waals surface area contributed by atoms with Gasteiger partial charge in [-0.05, 0) is 44.9 Å². The number of aliphatic hydroxyl groups excluding tert-OH is 1. The number of hydrogen-bond acceptors (Lipinski definition) is 2. The smallest absolute Gasteiger partial charge is 0.0613 e. The molecule has 2 N–H and O–H groups in total. The fraction of sp³-hybridized carbons (Fsp3) is 1.00. The van der Waals surface area contributed by atoms with Gasteiger partial charge in [0.1, 0.15) is 0 Å². The first-order valence-electron chi connectivity index (χ1n) is 5.86. The molecule has 14 heavy (non-hydrogen) atoms. The van der Waals surface area contributed by atoms with E-state index in [4.69, 9.17) is 0 Å². The van der Waals surface area contributed by atoms with Crippen molar-refractivity contribution in [1.82, 2.24) is 5.32 Å². The van der Waals surface area contributed by atoms with Crippen LogP contribution >= 0.6 is 0 Å². The summed E-state index contributed by atoms with van der Waals surface area (Å²) >= 11 is 0. The molecule has 0 radical (unpaired) electrons. The van der Waals surface area contributed by atoms with Crippen LogP contribution in [0.5, 0.6) is 0 Å². The molecular formula is C12H25NO. The second kappa shape index (κ2) is 4.63. The quantitative estimate of drug-likeness (QED) is 0.687. The summed E-state index contributed by atoms with van der Waals surface area (Å²) in [5, 5.41) is 13.0. The molecule has 1 fully saturated rings. The van der Waals surface area contributed by atoms with Crippen molar-refractivity contribution in [3.8, 4) is 0 Å². The third-order valence-electron chi connectivity index (χ3n) is 3.21. The van der Waals surface area contributed by atoms with E-state index in [9.17, 15) is 5.11 Å². The van der Waals surface area contributed by atoms with Gasteiger partial charge in [0.05, 0.1) is 6.61 Å². The summed E-state index contributed by atoms with van der Waals surface area (Å²) in [4.78, 5) is 0. The lowest BCUT2D eigenvalue weighted by Crippen LogP contribution is -2.52. The number of rotatable bonds is 6. The average molecular weight is 199 g/mol. The average Bonchev–Trinajstić information content (AvgIpc) is 2.84. The highest BCUT2D eigenvalue weighted by Crippen LogP contribution is 2.39. The maximum Gasteiger partial charge on any atom is 0.0613 e. The van der Waals surface area contributed by atoms with Crippen molar-refractivity contribution < 1.29 is 5.11 Å². The molecule has 2 nitrogen and oxygen atoms in total. The summed E-state index contributed by atoms with van der Waals surface area (Å²) in [5.74, 6) is 1.42. The highest BCUT2D eigenvalue weighted by atomic mass is 16.3. The van der Waals surface area contributed by atoms with Gasteiger partial charge in [-0.1, -0.05) is 13.8 Å². The SMILES string of the molecule is CC(C)CC(C)NC(C)(CO)C1CC1. The Kier molecular flexibility index (Phi) is 3.96. The van der Waals surface area contributed by atoms with Crippen molar-refractivity contribution in [3.63, 3.8) is 0 Å². The molecule has 0 saturated heterocycles. The highest BCUT2D eigenvalue weighted by Gasteiger charge is 2.41. The van der Waals surface area contributed by atoms with Gasteiger partial charge in [0.2, 0.25) is 0 Å². The van der Waals surface area contributed by atoms with Crippen LogP contribution in [-0.2, 0) is 0 Å². The van der Waals surface area contributed by atoms with Gasteiger partial charge in [-0.3, -0.25) is 0 Å². The second-order valence-corrected chi connectivity index (χ2v) is 5.52. The lowest BCUT2D eigenvalue weighted by molar-refractivity contribution is 0.140. The molecule has 1 aliphatic carbocycles. The van der Waals surface area contributed by atoms with E-state index in [0.29, 0.717) is 12.0 Å². The Morgan fingerprint density at radius 3 is 2.29 bits per heavy atom. The van der Waals surface area contributed by atoms with Crippen molar-refractivity contribution in [3.05, 3.63) is 0 Å². The Labute approximate surface area is 88.1 Å². The molecule has 0 aromatic heterocycles. The minimum absolute atomic E-state index is 0.0334. The lowest BCUT2D eigenvalue weighted by Gasteiger charge is -2.33. The van der Waals surface area contributed by atoms with Gasteiger partial charge in [0.25, 0.3) is 0 Å². The van der Waals surface area contributed by atoms with Crippen molar-refractivity contribution in [2.24, 2.45) is 11.8 Å². The van der Waals surface area contributed by atoms with Gasteiger partial charge in [0, 0.05) is 11.6 Å². The molecule has 2 heteroatoms. The van der Waals surface area contributed by atoms with Crippen molar-refractivity contribution in [1.29, 1.82) is 0 Å². The Bertz CT molecular complexity index is 177. The zero-order valence-corrected chi connectivity index (χ0v) is 10.0. The van der Waals surface area contributed by atoms with Crippen LogP contribution in [0.25, 0.3) is 0 Å². The molecule has 0 aliphatic heterocycles. The van der Waals surface area contributed by atoms with Crippen LogP contribution in [0.3, 0.4) is 0 Å². The zero-order chi connectivity index (χ0) is 10.8. The first kappa shape index (κ1) is 12.0. The maximum atomic E-state index is 9.42. The van der Waals surface area contributed by atoms with E-state index >= 15 is 0 Å². The minimum atomic E-state index is -0.0334. The van der Waals surface area contributed by atoms with Gasteiger partial charge >= 0.3 is 0 Å². The molecule has 1 aliphatic rings. The molecule has 0 amide bonds. The van der Waals surface area contributed by atoms with Crippen molar-refractivity contribution in [2.45, 2.75) is 58.5 Å². The van der Waals surface area contributed by atoms with Gasteiger partial charge in [-0.15, -0.1) is 0 Å². The third kappa shape index (κ3) is 3.25. The van der Waals surface area contributed by atoms with Gasteiger partial charge < -0.3 is 10.4 Å². The van der Waals surface area contributed by atoms with E-state index in [-0.39, 0.29) is 12.1 Å². The van der Waals surface area contributed by atoms with Crippen LogP contribution in [0.2, 0.25) is 0 Å². The fourth-order valence-corrected chi connectivity index (χ4v) is 2.34. The summed E-state index contributed by atoms with van der Waals surface area (Å²) < 4.78 is 0. The molecule has 84 valence electrons. The fourth-order valence-electron chi connectivity index (χ4n) is 2.34. The first-order valence-corrected chi connectivity index (χ1v) is 5.86. The highest BCUT2D eigenvalue weighted by molar-refractivity contribution is 4.98. The Morgan fingerprint density at radius 1 is 1.36 bits per heavy atom. The van der Waals surface area contributed by atoms with Crippen LogP contribution in [0.1, 0.15) is 47.0 Å². The molecule has 1 rings (SSSR count). The van der Waals surface area contributed by atoms with Crippen molar-refractivity contribution >= 4 is 0 Å². The largest absolute Gasteiger partial charge is 0.394 e. The van der Waals surface area contributed by atoms with E-state index in [1.807, 2.05) is 0 Å². The van der Waals surface area contributed by atoms with E-state index < -0.39 is 0 Å². The second-order valence-electron chi connectivity index (χ2n) is 5.52. The predicted octanol–water partition coefficient (Wildman–Crippen LogP) is 2.17. The summed E-state index contributed by atoms with van der Waals surface area (Å²) in [6.45, 7) is 9.12. The minimum Gasteiger partial charge on any atom is -0.394 e. The van der Waals surface area contributed by atoms with Crippen LogP contribution < -0.4 is 5.32 Å². The Balaban J connectivity index is 2.39. The summed E-state index contributed by atoms with van der Waals surface area (Å²) in [7, 11) is 0. The summed E-state index contributed by atoms with van der Waals surface area (Å²) in [5.41, 5.74) is -0.0334.